The first-order valence-corrected chi connectivity index (χ1v) is 6.32. The monoisotopic (exact) mass is 296 g/mol. The van der Waals surface area contributed by atoms with Gasteiger partial charge in [-0.25, -0.2) is 4.98 Å². The highest BCUT2D eigenvalue weighted by molar-refractivity contribution is 9.10. The van der Waals surface area contributed by atoms with Crippen LogP contribution >= 0.6 is 27.3 Å². The number of hydrogen-bond acceptors (Lipinski definition) is 3. The van der Waals surface area contributed by atoms with E-state index < -0.39 is 0 Å². The number of benzene rings is 1. The van der Waals surface area contributed by atoms with E-state index in [4.69, 9.17) is 0 Å². The van der Waals surface area contributed by atoms with E-state index >= 15 is 0 Å². The lowest BCUT2D eigenvalue weighted by atomic mass is 10.2. The molecule has 0 spiro atoms. The fourth-order valence-electron chi connectivity index (χ4n) is 1.26. The van der Waals surface area contributed by atoms with Crippen molar-refractivity contribution >= 4 is 33.2 Å². The fraction of sp³-hybridized carbons (Fsp3) is 0.0909. The average Bonchev–Trinajstić information content (AvgIpc) is 2.78. The highest BCUT2D eigenvalue weighted by atomic mass is 79.9. The number of aromatic nitrogens is 1. The lowest BCUT2D eigenvalue weighted by molar-refractivity contribution is 0.0959. The first-order valence-electron chi connectivity index (χ1n) is 4.65. The molecule has 0 atom stereocenters. The summed E-state index contributed by atoms with van der Waals surface area (Å²) in [6.07, 6.45) is 0. The molecule has 3 nitrogen and oxygen atoms in total. The summed E-state index contributed by atoms with van der Waals surface area (Å²) in [6.45, 7) is 0. The van der Waals surface area contributed by atoms with Crippen molar-refractivity contribution in [2.45, 2.75) is 0 Å². The van der Waals surface area contributed by atoms with E-state index in [0.29, 0.717) is 5.69 Å². The molecule has 1 aromatic carbocycles. The smallest absolute Gasteiger partial charge is 0.270 e. The first-order chi connectivity index (χ1) is 7.72. The van der Waals surface area contributed by atoms with Gasteiger partial charge in [-0.2, -0.15) is 0 Å². The third kappa shape index (κ3) is 2.15. The molecule has 0 saturated heterocycles. The van der Waals surface area contributed by atoms with Gasteiger partial charge in [0.2, 0.25) is 0 Å². The highest BCUT2D eigenvalue weighted by Gasteiger charge is 2.11. The maximum absolute atomic E-state index is 11.4. The average molecular weight is 297 g/mol. The Morgan fingerprint density at radius 1 is 1.44 bits per heavy atom. The Labute approximate surface area is 106 Å². The van der Waals surface area contributed by atoms with E-state index in [1.165, 1.54) is 11.3 Å². The summed E-state index contributed by atoms with van der Waals surface area (Å²) in [5.41, 5.74) is 1.46. The zero-order valence-corrected chi connectivity index (χ0v) is 10.9. The maximum Gasteiger partial charge on any atom is 0.270 e. The van der Waals surface area contributed by atoms with Crippen molar-refractivity contribution in [3.63, 3.8) is 0 Å². The standard InChI is InChI=1S/C11H9BrN2OS/c1-13-10(15)9-6-16-11(14-9)7-4-2-3-5-8(7)12/h2-6H,1H3,(H,13,15). The van der Waals surface area contributed by atoms with E-state index in [1.807, 2.05) is 24.3 Å². The molecular formula is C11H9BrN2OS. The summed E-state index contributed by atoms with van der Waals surface area (Å²) in [4.78, 5) is 15.7. The molecule has 2 aromatic rings. The van der Waals surface area contributed by atoms with Gasteiger partial charge in [0, 0.05) is 22.5 Å². The maximum atomic E-state index is 11.4. The molecule has 1 amide bonds. The van der Waals surface area contributed by atoms with Gasteiger partial charge in [0.05, 0.1) is 0 Å². The molecule has 0 saturated carbocycles. The molecule has 1 aromatic heterocycles. The summed E-state index contributed by atoms with van der Waals surface area (Å²) in [6, 6.07) is 7.81. The van der Waals surface area contributed by atoms with Crippen LogP contribution in [0.2, 0.25) is 0 Å². The van der Waals surface area contributed by atoms with Crippen LogP contribution in [-0.4, -0.2) is 17.9 Å². The van der Waals surface area contributed by atoms with Gasteiger partial charge in [0.25, 0.3) is 5.91 Å². The summed E-state index contributed by atoms with van der Waals surface area (Å²) >= 11 is 4.92. The number of nitrogens with zero attached hydrogens (tertiary/aromatic N) is 1. The fourth-order valence-corrected chi connectivity index (χ4v) is 2.71. The van der Waals surface area contributed by atoms with Crippen molar-refractivity contribution < 1.29 is 4.79 Å². The van der Waals surface area contributed by atoms with Gasteiger partial charge in [0.1, 0.15) is 10.7 Å². The molecule has 16 heavy (non-hydrogen) atoms. The molecule has 0 unspecified atom stereocenters. The number of carbonyl (C=O) groups is 1. The van der Waals surface area contributed by atoms with Crippen LogP contribution in [0.1, 0.15) is 10.5 Å². The molecule has 1 N–H and O–H groups in total. The molecule has 82 valence electrons. The summed E-state index contributed by atoms with van der Waals surface area (Å²) in [5.74, 6) is -0.158. The molecule has 0 aliphatic heterocycles. The number of thiazole rings is 1. The Bertz CT molecular complexity index is 524. The van der Waals surface area contributed by atoms with Gasteiger partial charge < -0.3 is 5.32 Å². The lowest BCUT2D eigenvalue weighted by Crippen LogP contribution is -2.17. The van der Waals surface area contributed by atoms with E-state index in [-0.39, 0.29) is 5.91 Å². The van der Waals surface area contributed by atoms with Gasteiger partial charge in [-0.1, -0.05) is 34.1 Å². The van der Waals surface area contributed by atoms with Crippen LogP contribution in [-0.2, 0) is 0 Å². The van der Waals surface area contributed by atoms with Crippen molar-refractivity contribution in [2.75, 3.05) is 7.05 Å². The van der Waals surface area contributed by atoms with Gasteiger partial charge in [0.15, 0.2) is 0 Å². The second kappa shape index (κ2) is 4.76. The Kier molecular flexibility index (Phi) is 3.36. The summed E-state index contributed by atoms with van der Waals surface area (Å²) in [7, 11) is 1.60. The van der Waals surface area contributed by atoms with Crippen LogP contribution in [0.5, 0.6) is 0 Å². The molecular weight excluding hydrogens is 288 g/mol. The van der Waals surface area contributed by atoms with Crippen LogP contribution < -0.4 is 5.32 Å². The van der Waals surface area contributed by atoms with Crippen LogP contribution in [0, 0.1) is 0 Å². The van der Waals surface area contributed by atoms with E-state index in [1.54, 1.807) is 12.4 Å². The van der Waals surface area contributed by atoms with Gasteiger partial charge in [-0.3, -0.25) is 4.79 Å². The SMILES string of the molecule is CNC(=O)c1csc(-c2ccccc2Br)n1. The molecule has 5 heteroatoms. The normalized spacial score (nSPS) is 10.1. The van der Waals surface area contributed by atoms with Crippen molar-refractivity contribution in [3.05, 3.63) is 39.8 Å². The van der Waals surface area contributed by atoms with E-state index in [2.05, 4.69) is 26.2 Å². The van der Waals surface area contributed by atoms with E-state index in [0.717, 1.165) is 15.0 Å². The highest BCUT2D eigenvalue weighted by Crippen LogP contribution is 2.30. The number of hydrogen-bond donors (Lipinski definition) is 1. The lowest BCUT2D eigenvalue weighted by Gasteiger charge is -1.98. The minimum absolute atomic E-state index is 0.158. The molecule has 0 radical (unpaired) electrons. The topological polar surface area (TPSA) is 42.0 Å². The second-order valence-corrected chi connectivity index (χ2v) is 4.81. The predicted molar refractivity (Wildman–Crippen MR) is 68.6 cm³/mol. The third-order valence-corrected chi connectivity index (χ3v) is 3.64. The zero-order valence-electron chi connectivity index (χ0n) is 8.53. The van der Waals surface area contributed by atoms with Crippen molar-refractivity contribution in [1.29, 1.82) is 0 Å². The molecule has 0 aliphatic carbocycles. The second-order valence-electron chi connectivity index (χ2n) is 3.10. The van der Waals surface area contributed by atoms with Crippen molar-refractivity contribution in [3.8, 4) is 10.6 Å². The Hall–Kier alpha value is -1.20. The number of carbonyl (C=O) groups excluding carboxylic acids is 1. The summed E-state index contributed by atoms with van der Waals surface area (Å²) in [5, 5.41) is 5.15. The molecule has 0 bridgehead atoms. The van der Waals surface area contributed by atoms with Gasteiger partial charge >= 0.3 is 0 Å². The third-order valence-electron chi connectivity index (χ3n) is 2.07. The zero-order chi connectivity index (χ0) is 11.5. The first kappa shape index (κ1) is 11.3. The predicted octanol–water partition coefficient (Wildman–Crippen LogP) is 2.93. The largest absolute Gasteiger partial charge is 0.354 e. The van der Waals surface area contributed by atoms with Crippen LogP contribution in [0.3, 0.4) is 0 Å². The molecule has 2 rings (SSSR count). The number of rotatable bonds is 2. The van der Waals surface area contributed by atoms with Gasteiger partial charge in [-0.05, 0) is 6.07 Å². The van der Waals surface area contributed by atoms with Crippen LogP contribution in [0.25, 0.3) is 10.6 Å². The molecule has 1 heterocycles. The Morgan fingerprint density at radius 2 is 2.19 bits per heavy atom. The number of nitrogens with one attached hydrogen (secondary N) is 1. The van der Waals surface area contributed by atoms with Crippen LogP contribution in [0.15, 0.2) is 34.1 Å². The molecule has 0 aliphatic rings. The van der Waals surface area contributed by atoms with Crippen molar-refractivity contribution in [1.82, 2.24) is 10.3 Å². The number of amides is 1. The van der Waals surface area contributed by atoms with E-state index in [9.17, 15) is 4.79 Å². The Morgan fingerprint density at radius 3 is 2.88 bits per heavy atom. The number of halogens is 1. The minimum Gasteiger partial charge on any atom is -0.354 e. The van der Waals surface area contributed by atoms with Gasteiger partial charge in [-0.15, -0.1) is 11.3 Å². The molecule has 0 fully saturated rings. The quantitative estimate of drug-likeness (QED) is 0.926. The van der Waals surface area contributed by atoms with Crippen molar-refractivity contribution in [2.24, 2.45) is 0 Å². The Balaban J connectivity index is 2.39. The summed E-state index contributed by atoms with van der Waals surface area (Å²) < 4.78 is 0.979. The minimum atomic E-state index is -0.158. The van der Waals surface area contributed by atoms with Crippen LogP contribution in [0.4, 0.5) is 0 Å².